The molecule has 0 spiro atoms. The minimum Gasteiger partial charge on any atom is -0.480 e. The zero-order valence-electron chi connectivity index (χ0n) is 12.2. The molecule has 1 heterocycles. The number of hydrogen-bond acceptors (Lipinski definition) is 3. The first-order valence-electron chi connectivity index (χ1n) is 7.15. The van der Waals surface area contributed by atoms with Gasteiger partial charge in [-0.2, -0.15) is 0 Å². The van der Waals surface area contributed by atoms with E-state index < -0.39 is 6.10 Å². The molecule has 0 bridgehead atoms. The fraction of sp³-hybridized carbons (Fsp3) is 0.562. The van der Waals surface area contributed by atoms with Gasteiger partial charge in [-0.25, -0.2) is 0 Å². The summed E-state index contributed by atoms with van der Waals surface area (Å²) in [6.07, 6.45) is 1.86. The number of nitrogens with one attached hydrogen (secondary N) is 1. The lowest BCUT2D eigenvalue weighted by atomic mass is 9.88. The van der Waals surface area contributed by atoms with Crippen molar-refractivity contribution in [2.24, 2.45) is 5.41 Å². The second kappa shape index (κ2) is 6.27. The van der Waals surface area contributed by atoms with Gasteiger partial charge in [0, 0.05) is 19.6 Å². The van der Waals surface area contributed by atoms with Crippen LogP contribution in [0.2, 0.25) is 0 Å². The first kappa shape index (κ1) is 14.9. The third-order valence-electron chi connectivity index (χ3n) is 3.69. The molecule has 4 heteroatoms. The summed E-state index contributed by atoms with van der Waals surface area (Å²) in [6, 6.07) is 7.76. The molecular weight excluding hydrogens is 254 g/mol. The number of rotatable bonds is 6. The maximum Gasteiger partial charge on any atom is 0.261 e. The average molecular weight is 277 g/mol. The number of ether oxygens (including phenoxy) is 1. The number of benzene rings is 1. The number of carbonyl (C=O) groups excluding carboxylic acids is 1. The summed E-state index contributed by atoms with van der Waals surface area (Å²) in [5, 5.41) is 11.8. The lowest BCUT2D eigenvalue weighted by Crippen LogP contribution is -2.42. The molecule has 0 aliphatic carbocycles. The number of carbonyl (C=O) groups is 1. The molecule has 0 saturated carbocycles. The summed E-state index contributed by atoms with van der Waals surface area (Å²) in [7, 11) is 0. The van der Waals surface area contributed by atoms with Crippen LogP contribution in [0, 0.1) is 5.41 Å². The van der Waals surface area contributed by atoms with E-state index in [9.17, 15) is 4.79 Å². The molecule has 1 amide bonds. The zero-order valence-corrected chi connectivity index (χ0v) is 12.2. The number of aliphatic hydroxyl groups excluding tert-OH is 1. The van der Waals surface area contributed by atoms with Crippen LogP contribution in [0.15, 0.2) is 24.3 Å². The summed E-state index contributed by atoms with van der Waals surface area (Å²) in [4.78, 5) is 12.1. The molecule has 0 aromatic heterocycles. The molecule has 4 nitrogen and oxygen atoms in total. The Morgan fingerprint density at radius 1 is 1.45 bits per heavy atom. The van der Waals surface area contributed by atoms with Crippen LogP contribution in [0.4, 0.5) is 0 Å². The Bertz CT molecular complexity index is 446. The number of hydrogen-bond donors (Lipinski definition) is 2. The highest BCUT2D eigenvalue weighted by atomic mass is 16.5. The van der Waals surface area contributed by atoms with Crippen LogP contribution < -0.4 is 10.1 Å². The predicted molar refractivity (Wildman–Crippen MR) is 77.7 cm³/mol. The third-order valence-corrected chi connectivity index (χ3v) is 3.69. The molecule has 1 aromatic rings. The van der Waals surface area contributed by atoms with E-state index in [1.165, 1.54) is 0 Å². The molecule has 0 fully saturated rings. The first-order valence-corrected chi connectivity index (χ1v) is 7.15. The summed E-state index contributed by atoms with van der Waals surface area (Å²) in [6.45, 7) is 4.97. The van der Waals surface area contributed by atoms with Gasteiger partial charge in [-0.1, -0.05) is 32.0 Å². The fourth-order valence-electron chi connectivity index (χ4n) is 2.41. The zero-order chi connectivity index (χ0) is 14.6. The molecule has 110 valence electrons. The molecule has 20 heavy (non-hydrogen) atoms. The van der Waals surface area contributed by atoms with Crippen LogP contribution >= 0.6 is 0 Å². The van der Waals surface area contributed by atoms with Gasteiger partial charge in [0.15, 0.2) is 6.10 Å². The highest BCUT2D eigenvalue weighted by Gasteiger charge is 2.29. The van der Waals surface area contributed by atoms with Crippen molar-refractivity contribution in [1.29, 1.82) is 0 Å². The van der Waals surface area contributed by atoms with Gasteiger partial charge in [0.25, 0.3) is 5.91 Å². The van der Waals surface area contributed by atoms with Crippen LogP contribution in [-0.2, 0) is 11.2 Å². The SMILES string of the molecule is CC(C)(CCCO)CNC(=O)C1Cc2ccccc2O1. The van der Waals surface area contributed by atoms with Gasteiger partial charge in [-0.05, 0) is 29.9 Å². The number of para-hydroxylation sites is 1. The topological polar surface area (TPSA) is 58.6 Å². The van der Waals surface area contributed by atoms with Gasteiger partial charge in [0.2, 0.25) is 0 Å². The van der Waals surface area contributed by atoms with Gasteiger partial charge in [-0.3, -0.25) is 4.79 Å². The molecule has 1 aliphatic rings. The summed E-state index contributed by atoms with van der Waals surface area (Å²) in [5.41, 5.74) is 1.08. The molecule has 1 atom stereocenters. The second-order valence-electron chi connectivity index (χ2n) is 6.13. The van der Waals surface area contributed by atoms with Crippen molar-refractivity contribution in [2.45, 2.75) is 39.2 Å². The van der Waals surface area contributed by atoms with Crippen LogP contribution in [-0.4, -0.2) is 30.3 Å². The smallest absolute Gasteiger partial charge is 0.261 e. The summed E-state index contributed by atoms with van der Waals surface area (Å²) >= 11 is 0. The van der Waals surface area contributed by atoms with Gasteiger partial charge >= 0.3 is 0 Å². The summed E-state index contributed by atoms with van der Waals surface area (Å²) in [5.74, 6) is 0.755. The minimum absolute atomic E-state index is 0.0101. The van der Waals surface area contributed by atoms with E-state index in [0.29, 0.717) is 13.0 Å². The fourth-order valence-corrected chi connectivity index (χ4v) is 2.41. The van der Waals surface area contributed by atoms with Crippen molar-refractivity contribution >= 4 is 5.91 Å². The highest BCUT2D eigenvalue weighted by molar-refractivity contribution is 5.82. The number of aliphatic hydroxyl groups is 1. The number of fused-ring (bicyclic) bond motifs is 1. The highest BCUT2D eigenvalue weighted by Crippen LogP contribution is 2.28. The molecule has 1 unspecified atom stereocenters. The van der Waals surface area contributed by atoms with E-state index >= 15 is 0 Å². The Balaban J connectivity index is 1.82. The number of amides is 1. The molecule has 1 aromatic carbocycles. The van der Waals surface area contributed by atoms with E-state index in [1.807, 2.05) is 24.3 Å². The summed E-state index contributed by atoms with van der Waals surface area (Å²) < 4.78 is 5.66. The molecular formula is C16H23NO3. The lowest BCUT2D eigenvalue weighted by Gasteiger charge is -2.25. The Labute approximate surface area is 120 Å². The monoisotopic (exact) mass is 277 g/mol. The van der Waals surface area contributed by atoms with E-state index in [-0.39, 0.29) is 17.9 Å². The predicted octanol–water partition coefficient (Wildman–Crippen LogP) is 1.90. The Morgan fingerprint density at radius 3 is 2.90 bits per heavy atom. The van der Waals surface area contributed by atoms with Crippen molar-refractivity contribution in [3.05, 3.63) is 29.8 Å². The Kier molecular flexibility index (Phi) is 4.65. The van der Waals surface area contributed by atoms with Crippen LogP contribution in [0.25, 0.3) is 0 Å². The second-order valence-corrected chi connectivity index (χ2v) is 6.13. The van der Waals surface area contributed by atoms with Crippen molar-refractivity contribution in [1.82, 2.24) is 5.32 Å². The van der Waals surface area contributed by atoms with Gasteiger partial charge in [-0.15, -0.1) is 0 Å². The average Bonchev–Trinajstić information content (AvgIpc) is 2.86. The maximum absolute atomic E-state index is 12.1. The minimum atomic E-state index is -0.416. The lowest BCUT2D eigenvalue weighted by molar-refractivity contribution is -0.127. The largest absolute Gasteiger partial charge is 0.480 e. The van der Waals surface area contributed by atoms with E-state index in [1.54, 1.807) is 0 Å². The van der Waals surface area contributed by atoms with Gasteiger partial charge in [0.05, 0.1) is 0 Å². The van der Waals surface area contributed by atoms with Crippen molar-refractivity contribution in [3.63, 3.8) is 0 Å². The van der Waals surface area contributed by atoms with Crippen LogP contribution in [0.1, 0.15) is 32.3 Å². The van der Waals surface area contributed by atoms with Gasteiger partial charge < -0.3 is 15.2 Å². The molecule has 0 radical (unpaired) electrons. The van der Waals surface area contributed by atoms with E-state index in [0.717, 1.165) is 24.2 Å². The van der Waals surface area contributed by atoms with Crippen molar-refractivity contribution in [2.75, 3.05) is 13.2 Å². The third kappa shape index (κ3) is 3.73. The van der Waals surface area contributed by atoms with Crippen LogP contribution in [0.5, 0.6) is 5.75 Å². The normalized spacial score (nSPS) is 17.4. The Hall–Kier alpha value is -1.55. The molecule has 2 rings (SSSR count). The quantitative estimate of drug-likeness (QED) is 0.835. The van der Waals surface area contributed by atoms with E-state index in [2.05, 4.69) is 19.2 Å². The first-order chi connectivity index (χ1) is 9.52. The van der Waals surface area contributed by atoms with Gasteiger partial charge in [0.1, 0.15) is 5.75 Å². The molecule has 2 N–H and O–H groups in total. The van der Waals surface area contributed by atoms with E-state index in [4.69, 9.17) is 9.84 Å². The molecule has 0 saturated heterocycles. The van der Waals surface area contributed by atoms with Crippen molar-refractivity contribution in [3.8, 4) is 5.75 Å². The van der Waals surface area contributed by atoms with Crippen molar-refractivity contribution < 1.29 is 14.6 Å². The van der Waals surface area contributed by atoms with Crippen LogP contribution in [0.3, 0.4) is 0 Å². The molecule has 1 aliphatic heterocycles. The Morgan fingerprint density at radius 2 is 2.20 bits per heavy atom. The maximum atomic E-state index is 12.1. The standard InChI is InChI=1S/C16H23NO3/c1-16(2,8-5-9-18)11-17-15(19)14-10-12-6-3-4-7-13(12)20-14/h3-4,6-7,14,18H,5,8-11H2,1-2H3,(H,17,19).